The van der Waals surface area contributed by atoms with Gasteiger partial charge in [-0.05, 0) is 40.3 Å². The Balaban J connectivity index is 1.49. The number of nitrogens with zero attached hydrogens (tertiary/aromatic N) is 5. The van der Waals surface area contributed by atoms with E-state index < -0.39 is 0 Å². The molecule has 130 valence electrons. The Morgan fingerprint density at radius 1 is 1.23 bits per heavy atom. The molecule has 0 aliphatic heterocycles. The van der Waals surface area contributed by atoms with Crippen molar-refractivity contribution < 1.29 is 9.53 Å². The number of methoxy groups -OCH3 is 1. The molecule has 9 heteroatoms. The van der Waals surface area contributed by atoms with Gasteiger partial charge in [-0.3, -0.25) is 9.89 Å². The molecular weight excluding hydrogens is 334 g/mol. The molecule has 1 amide bonds. The molecule has 0 aliphatic rings. The van der Waals surface area contributed by atoms with Gasteiger partial charge < -0.3 is 10.1 Å². The molecule has 9 nitrogen and oxygen atoms in total. The van der Waals surface area contributed by atoms with Crippen LogP contribution in [0, 0.1) is 0 Å². The maximum atomic E-state index is 12.4. The number of H-pyrrole nitrogens is 1. The first kappa shape index (κ1) is 15.8. The second kappa shape index (κ2) is 6.63. The van der Waals surface area contributed by atoms with Crippen molar-refractivity contribution in [3.8, 4) is 11.4 Å². The number of nitrogens with one attached hydrogen (secondary N) is 2. The lowest BCUT2D eigenvalue weighted by Crippen LogP contribution is -2.15. The van der Waals surface area contributed by atoms with Gasteiger partial charge in [0, 0.05) is 0 Å². The highest BCUT2D eigenvalue weighted by Crippen LogP contribution is 2.30. The molecule has 2 aromatic carbocycles. The van der Waals surface area contributed by atoms with Crippen LogP contribution in [-0.4, -0.2) is 43.4 Å². The largest absolute Gasteiger partial charge is 0.496 e. The molecule has 0 saturated heterocycles. The number of anilines is 1. The Morgan fingerprint density at radius 3 is 2.81 bits per heavy atom. The second-order valence-corrected chi connectivity index (χ2v) is 5.60. The SMILES string of the molecule is COc1cccc2[nH]nc(NC(=O)Cc3ccc(-n4cnnn4)cc3)c12. The van der Waals surface area contributed by atoms with Crippen LogP contribution in [0.25, 0.3) is 16.6 Å². The van der Waals surface area contributed by atoms with Gasteiger partial charge in [0.1, 0.15) is 12.1 Å². The molecule has 26 heavy (non-hydrogen) atoms. The van der Waals surface area contributed by atoms with E-state index in [0.717, 1.165) is 22.2 Å². The van der Waals surface area contributed by atoms with Crippen molar-refractivity contribution in [1.82, 2.24) is 30.4 Å². The van der Waals surface area contributed by atoms with E-state index >= 15 is 0 Å². The molecule has 4 aromatic rings. The fourth-order valence-electron chi connectivity index (χ4n) is 2.71. The number of carbonyl (C=O) groups excluding carboxylic acids is 1. The molecule has 0 spiro atoms. The van der Waals surface area contributed by atoms with Crippen molar-refractivity contribution in [1.29, 1.82) is 0 Å². The summed E-state index contributed by atoms with van der Waals surface area (Å²) in [6, 6.07) is 13.0. The highest BCUT2D eigenvalue weighted by Gasteiger charge is 2.13. The topological polar surface area (TPSA) is 111 Å². The van der Waals surface area contributed by atoms with Crippen LogP contribution in [-0.2, 0) is 11.2 Å². The highest BCUT2D eigenvalue weighted by atomic mass is 16.5. The lowest BCUT2D eigenvalue weighted by Gasteiger charge is -2.06. The average Bonchev–Trinajstić information content (AvgIpc) is 3.33. The van der Waals surface area contributed by atoms with Gasteiger partial charge in [0.2, 0.25) is 5.91 Å². The number of amides is 1. The van der Waals surface area contributed by atoms with Crippen LogP contribution in [0.3, 0.4) is 0 Å². The molecule has 0 saturated carbocycles. The molecule has 0 aliphatic carbocycles. The van der Waals surface area contributed by atoms with Crippen molar-refractivity contribution in [3.63, 3.8) is 0 Å². The predicted molar refractivity (Wildman–Crippen MR) is 94.1 cm³/mol. The average molecular weight is 349 g/mol. The predicted octanol–water partition coefficient (Wildman–Crippen LogP) is 1.73. The van der Waals surface area contributed by atoms with Crippen LogP contribution < -0.4 is 10.1 Å². The molecule has 4 rings (SSSR count). The second-order valence-electron chi connectivity index (χ2n) is 5.60. The number of benzene rings is 2. The fourth-order valence-corrected chi connectivity index (χ4v) is 2.71. The van der Waals surface area contributed by atoms with Gasteiger partial charge in [0.25, 0.3) is 0 Å². The molecule has 2 N–H and O–H groups in total. The van der Waals surface area contributed by atoms with Crippen LogP contribution in [0.4, 0.5) is 5.82 Å². The minimum atomic E-state index is -0.167. The van der Waals surface area contributed by atoms with Gasteiger partial charge >= 0.3 is 0 Å². The minimum absolute atomic E-state index is 0.167. The van der Waals surface area contributed by atoms with E-state index in [9.17, 15) is 4.79 Å². The number of hydrogen-bond donors (Lipinski definition) is 2. The molecular formula is C17H15N7O2. The Morgan fingerprint density at radius 2 is 2.08 bits per heavy atom. The first-order chi connectivity index (χ1) is 12.7. The van der Waals surface area contributed by atoms with Crippen molar-refractivity contribution >= 4 is 22.6 Å². The quantitative estimate of drug-likeness (QED) is 0.568. The first-order valence-corrected chi connectivity index (χ1v) is 7.88. The number of rotatable bonds is 5. The molecule has 0 radical (unpaired) electrons. The maximum absolute atomic E-state index is 12.4. The van der Waals surface area contributed by atoms with Gasteiger partial charge in [-0.1, -0.05) is 18.2 Å². The summed E-state index contributed by atoms with van der Waals surface area (Å²) in [5, 5.41) is 21.7. The Labute approximate surface area is 148 Å². The van der Waals surface area contributed by atoms with E-state index in [4.69, 9.17) is 4.74 Å². The third kappa shape index (κ3) is 2.97. The summed E-state index contributed by atoms with van der Waals surface area (Å²) in [6.07, 6.45) is 1.73. The van der Waals surface area contributed by atoms with Gasteiger partial charge in [-0.25, -0.2) is 4.68 Å². The number of tetrazole rings is 1. The van der Waals surface area contributed by atoms with Crippen molar-refractivity contribution in [2.45, 2.75) is 6.42 Å². The van der Waals surface area contributed by atoms with E-state index in [1.165, 1.54) is 6.33 Å². The van der Waals surface area contributed by atoms with Gasteiger partial charge in [0.15, 0.2) is 5.82 Å². The standard InChI is InChI=1S/C17H15N7O2/c1-26-14-4-2-3-13-16(14)17(21-20-13)19-15(25)9-11-5-7-12(8-6-11)24-10-18-22-23-24/h2-8,10H,9H2,1H3,(H2,19,20,21,25). The van der Waals surface area contributed by atoms with Crippen LogP contribution in [0.15, 0.2) is 48.8 Å². The van der Waals surface area contributed by atoms with E-state index in [1.807, 2.05) is 42.5 Å². The molecule has 2 aromatic heterocycles. The summed E-state index contributed by atoms with van der Waals surface area (Å²) in [6.45, 7) is 0. The Bertz CT molecular complexity index is 1040. The van der Waals surface area contributed by atoms with Crippen molar-refractivity contribution in [2.24, 2.45) is 0 Å². The molecule has 0 atom stereocenters. The van der Waals surface area contributed by atoms with Gasteiger partial charge in [-0.2, -0.15) is 5.10 Å². The number of ether oxygens (including phenoxy) is 1. The third-order valence-corrected chi connectivity index (χ3v) is 3.94. The number of carbonyl (C=O) groups is 1. The van der Waals surface area contributed by atoms with E-state index in [-0.39, 0.29) is 12.3 Å². The summed E-state index contributed by atoms with van der Waals surface area (Å²) in [4.78, 5) is 12.4. The van der Waals surface area contributed by atoms with Crippen LogP contribution in [0.5, 0.6) is 5.75 Å². The van der Waals surface area contributed by atoms with Gasteiger partial charge in [-0.15, -0.1) is 5.10 Å². The maximum Gasteiger partial charge on any atom is 0.230 e. The Kier molecular flexibility index (Phi) is 4.02. The lowest BCUT2D eigenvalue weighted by atomic mass is 10.1. The summed E-state index contributed by atoms with van der Waals surface area (Å²) in [5.74, 6) is 0.935. The molecule has 0 bridgehead atoms. The van der Waals surface area contributed by atoms with E-state index in [0.29, 0.717) is 11.6 Å². The number of aromatic nitrogens is 6. The Hall–Kier alpha value is -3.75. The number of aromatic amines is 1. The number of fused-ring (bicyclic) bond motifs is 1. The molecule has 0 unspecified atom stereocenters. The van der Waals surface area contributed by atoms with Crippen molar-refractivity contribution in [2.75, 3.05) is 12.4 Å². The fraction of sp³-hybridized carbons (Fsp3) is 0.118. The number of hydrogen-bond acceptors (Lipinski definition) is 6. The first-order valence-electron chi connectivity index (χ1n) is 7.88. The third-order valence-electron chi connectivity index (χ3n) is 3.94. The molecule has 0 fully saturated rings. The highest BCUT2D eigenvalue weighted by molar-refractivity contribution is 6.02. The zero-order valence-electron chi connectivity index (χ0n) is 13.9. The smallest absolute Gasteiger partial charge is 0.230 e. The monoisotopic (exact) mass is 349 g/mol. The van der Waals surface area contributed by atoms with Crippen molar-refractivity contribution in [3.05, 3.63) is 54.4 Å². The minimum Gasteiger partial charge on any atom is -0.496 e. The van der Waals surface area contributed by atoms with Gasteiger partial charge in [0.05, 0.1) is 30.1 Å². The summed E-state index contributed by atoms with van der Waals surface area (Å²) >= 11 is 0. The summed E-state index contributed by atoms with van der Waals surface area (Å²) < 4.78 is 6.89. The van der Waals surface area contributed by atoms with E-state index in [2.05, 4.69) is 31.0 Å². The zero-order valence-corrected chi connectivity index (χ0v) is 13.9. The van der Waals surface area contributed by atoms with Crippen LogP contribution in [0.1, 0.15) is 5.56 Å². The zero-order chi connectivity index (χ0) is 17.9. The summed E-state index contributed by atoms with van der Waals surface area (Å²) in [7, 11) is 1.58. The molecule has 2 heterocycles. The van der Waals surface area contributed by atoms with Crippen LogP contribution in [0.2, 0.25) is 0 Å². The van der Waals surface area contributed by atoms with E-state index in [1.54, 1.807) is 11.8 Å². The lowest BCUT2D eigenvalue weighted by molar-refractivity contribution is -0.115. The summed E-state index contributed by atoms with van der Waals surface area (Å²) in [5.41, 5.74) is 2.48. The normalized spacial score (nSPS) is 10.8. The van der Waals surface area contributed by atoms with Crippen LogP contribution >= 0.6 is 0 Å².